The molecule has 0 saturated heterocycles. The first-order chi connectivity index (χ1) is 14.1. The van der Waals surface area contributed by atoms with Crippen molar-refractivity contribution in [3.05, 3.63) is 0 Å². The molecule has 30 heavy (non-hydrogen) atoms. The zero-order valence-electron chi connectivity index (χ0n) is 16.4. The summed E-state index contributed by atoms with van der Waals surface area (Å²) in [7, 11) is 0. The molecule has 0 aliphatic heterocycles. The number of hydrogen-bond donors (Lipinski definition) is 8. The first-order valence-corrected chi connectivity index (χ1v) is 10.9. The minimum atomic E-state index is -1.53. The maximum atomic E-state index is 12.5. The molecule has 0 aliphatic rings. The fourth-order valence-corrected chi connectivity index (χ4v) is 2.85. The van der Waals surface area contributed by atoms with Gasteiger partial charge in [-0.05, 0) is 24.9 Å². The third-order valence-electron chi connectivity index (χ3n) is 3.86. The standard InChI is InChI=1S/C16H28N4O8S2/c1-30-5-4-9(14(25)19-10(6-21)16(27)28)18-15(26)11(7-29)20-13(24)8(17)2-3-12(22)23/h8-11,21,29H,2-7,17H2,1H3,(H,18,26)(H,19,25)(H,20,24)(H,22,23)(H,27,28). The van der Waals surface area contributed by atoms with Crippen LogP contribution in [0.2, 0.25) is 0 Å². The van der Waals surface area contributed by atoms with Crippen molar-refractivity contribution in [1.29, 1.82) is 0 Å². The maximum Gasteiger partial charge on any atom is 0.328 e. The molecule has 0 aromatic carbocycles. The number of carbonyl (C=O) groups is 5. The zero-order chi connectivity index (χ0) is 23.3. The minimum Gasteiger partial charge on any atom is -0.481 e. The molecule has 0 bridgehead atoms. The third-order valence-corrected chi connectivity index (χ3v) is 4.87. The lowest BCUT2D eigenvalue weighted by Gasteiger charge is -2.24. The lowest BCUT2D eigenvalue weighted by Crippen LogP contribution is -2.58. The molecule has 0 fully saturated rings. The maximum absolute atomic E-state index is 12.5. The Morgan fingerprint density at radius 3 is 1.93 bits per heavy atom. The highest BCUT2D eigenvalue weighted by Crippen LogP contribution is 2.04. The number of nitrogens with one attached hydrogen (secondary N) is 3. The van der Waals surface area contributed by atoms with Gasteiger partial charge in [0.2, 0.25) is 17.7 Å². The number of rotatable bonds is 15. The van der Waals surface area contributed by atoms with Gasteiger partial charge in [-0.25, -0.2) is 4.79 Å². The van der Waals surface area contributed by atoms with Crippen LogP contribution in [0.5, 0.6) is 0 Å². The smallest absolute Gasteiger partial charge is 0.328 e. The second-order valence-electron chi connectivity index (χ2n) is 6.21. The molecular weight excluding hydrogens is 440 g/mol. The first kappa shape index (κ1) is 28.0. The van der Waals surface area contributed by atoms with Gasteiger partial charge in [0.15, 0.2) is 0 Å². The van der Waals surface area contributed by atoms with Crippen molar-refractivity contribution in [3.63, 3.8) is 0 Å². The van der Waals surface area contributed by atoms with E-state index in [1.54, 1.807) is 6.26 Å². The van der Waals surface area contributed by atoms with Gasteiger partial charge in [-0.2, -0.15) is 24.4 Å². The Morgan fingerprint density at radius 2 is 1.47 bits per heavy atom. The Kier molecular flexibility index (Phi) is 13.9. The van der Waals surface area contributed by atoms with E-state index in [1.807, 2.05) is 0 Å². The molecule has 3 amide bonds. The number of aliphatic carboxylic acids is 2. The molecule has 14 heteroatoms. The minimum absolute atomic E-state index is 0.126. The number of aliphatic hydroxyl groups is 1. The summed E-state index contributed by atoms with van der Waals surface area (Å²) in [4.78, 5) is 58.5. The summed E-state index contributed by atoms with van der Waals surface area (Å²) in [5.74, 6) is -4.52. The van der Waals surface area contributed by atoms with E-state index in [0.717, 1.165) is 0 Å². The molecule has 0 aromatic rings. The van der Waals surface area contributed by atoms with E-state index in [2.05, 4.69) is 28.6 Å². The van der Waals surface area contributed by atoms with Crippen molar-refractivity contribution in [2.75, 3.05) is 24.4 Å². The van der Waals surface area contributed by atoms with Crippen molar-refractivity contribution in [2.24, 2.45) is 5.73 Å². The van der Waals surface area contributed by atoms with E-state index in [9.17, 15) is 24.0 Å². The Labute approximate surface area is 183 Å². The molecule has 8 N–H and O–H groups in total. The summed E-state index contributed by atoms with van der Waals surface area (Å²) in [6.45, 7) is -0.826. The fraction of sp³-hybridized carbons (Fsp3) is 0.688. The van der Waals surface area contributed by atoms with Crippen LogP contribution in [0.15, 0.2) is 0 Å². The molecule has 0 saturated carbocycles. The highest BCUT2D eigenvalue weighted by atomic mass is 32.2. The van der Waals surface area contributed by atoms with Crippen molar-refractivity contribution < 1.29 is 39.3 Å². The number of aliphatic hydroxyl groups excluding tert-OH is 1. The van der Waals surface area contributed by atoms with E-state index in [0.29, 0.717) is 5.75 Å². The van der Waals surface area contributed by atoms with Crippen molar-refractivity contribution in [2.45, 2.75) is 43.4 Å². The van der Waals surface area contributed by atoms with Crippen LogP contribution in [0, 0.1) is 0 Å². The molecule has 0 radical (unpaired) electrons. The number of nitrogens with two attached hydrogens (primary N) is 1. The summed E-state index contributed by atoms with van der Waals surface area (Å²) in [6, 6.07) is -4.95. The van der Waals surface area contributed by atoms with E-state index in [1.165, 1.54) is 11.8 Å². The third kappa shape index (κ3) is 10.7. The molecule has 12 nitrogen and oxygen atoms in total. The lowest BCUT2D eigenvalue weighted by molar-refractivity contribution is -0.143. The van der Waals surface area contributed by atoms with E-state index < -0.39 is 60.4 Å². The predicted molar refractivity (Wildman–Crippen MR) is 112 cm³/mol. The number of thioether (sulfide) groups is 1. The van der Waals surface area contributed by atoms with Crippen LogP contribution in [0.4, 0.5) is 0 Å². The molecule has 0 aliphatic carbocycles. The van der Waals surface area contributed by atoms with Crippen molar-refractivity contribution in [3.8, 4) is 0 Å². The molecule has 4 unspecified atom stereocenters. The number of carboxylic acids is 2. The highest BCUT2D eigenvalue weighted by molar-refractivity contribution is 7.98. The quantitative estimate of drug-likeness (QED) is 0.117. The number of thiol groups is 1. The van der Waals surface area contributed by atoms with Crippen LogP contribution in [-0.4, -0.2) is 93.5 Å². The van der Waals surface area contributed by atoms with Crippen LogP contribution in [-0.2, 0) is 24.0 Å². The Morgan fingerprint density at radius 1 is 0.933 bits per heavy atom. The molecular formula is C16H28N4O8S2. The number of carboxylic acid groups (broad SMARTS) is 2. The largest absolute Gasteiger partial charge is 0.481 e. The lowest BCUT2D eigenvalue weighted by atomic mass is 10.1. The fourth-order valence-electron chi connectivity index (χ4n) is 2.12. The predicted octanol–water partition coefficient (Wildman–Crippen LogP) is -2.61. The van der Waals surface area contributed by atoms with Crippen molar-refractivity contribution >= 4 is 54.1 Å². The van der Waals surface area contributed by atoms with Crippen LogP contribution in [0.3, 0.4) is 0 Å². The van der Waals surface area contributed by atoms with Gasteiger partial charge < -0.3 is 37.0 Å². The average molecular weight is 469 g/mol. The second-order valence-corrected chi connectivity index (χ2v) is 7.56. The zero-order valence-corrected chi connectivity index (χ0v) is 18.1. The first-order valence-electron chi connectivity index (χ1n) is 8.89. The van der Waals surface area contributed by atoms with Gasteiger partial charge in [0, 0.05) is 12.2 Å². The molecule has 0 heterocycles. The monoisotopic (exact) mass is 468 g/mol. The number of carbonyl (C=O) groups excluding carboxylic acids is 3. The Hall–Kier alpha value is -2.03. The summed E-state index contributed by atoms with van der Waals surface area (Å²) in [6.07, 6.45) is 1.50. The van der Waals surface area contributed by atoms with Crippen LogP contribution in [0.25, 0.3) is 0 Å². The Bertz CT molecular complexity index is 622. The van der Waals surface area contributed by atoms with Gasteiger partial charge in [-0.15, -0.1) is 0 Å². The normalized spacial score (nSPS) is 14.7. The van der Waals surface area contributed by atoms with Gasteiger partial charge >= 0.3 is 11.9 Å². The number of hydrogen-bond acceptors (Lipinski definition) is 9. The SMILES string of the molecule is CSCCC(NC(=O)C(CS)NC(=O)C(N)CCC(=O)O)C(=O)NC(CO)C(=O)O. The summed E-state index contributed by atoms with van der Waals surface area (Å²) < 4.78 is 0. The van der Waals surface area contributed by atoms with Crippen LogP contribution >= 0.6 is 24.4 Å². The highest BCUT2D eigenvalue weighted by Gasteiger charge is 2.29. The van der Waals surface area contributed by atoms with Gasteiger partial charge in [0.05, 0.1) is 12.6 Å². The molecule has 0 rings (SSSR count). The van der Waals surface area contributed by atoms with Gasteiger partial charge in [-0.3, -0.25) is 19.2 Å². The molecule has 4 atom stereocenters. The molecule has 0 aromatic heterocycles. The van der Waals surface area contributed by atoms with Gasteiger partial charge in [-0.1, -0.05) is 0 Å². The van der Waals surface area contributed by atoms with E-state index in [-0.39, 0.29) is 25.0 Å². The number of amides is 3. The Balaban J connectivity index is 5.07. The summed E-state index contributed by atoms with van der Waals surface area (Å²) in [5.41, 5.74) is 5.60. The summed E-state index contributed by atoms with van der Waals surface area (Å²) >= 11 is 5.39. The van der Waals surface area contributed by atoms with Crippen LogP contribution in [0.1, 0.15) is 19.3 Å². The van der Waals surface area contributed by atoms with Gasteiger partial charge in [0.1, 0.15) is 18.1 Å². The van der Waals surface area contributed by atoms with E-state index >= 15 is 0 Å². The molecule has 0 spiro atoms. The van der Waals surface area contributed by atoms with Crippen molar-refractivity contribution in [1.82, 2.24) is 16.0 Å². The van der Waals surface area contributed by atoms with Crippen LogP contribution < -0.4 is 21.7 Å². The summed E-state index contributed by atoms with van der Waals surface area (Å²) in [5, 5.41) is 33.5. The second kappa shape index (κ2) is 14.9. The average Bonchev–Trinajstić information content (AvgIpc) is 2.70. The topological polar surface area (TPSA) is 208 Å². The van der Waals surface area contributed by atoms with E-state index in [4.69, 9.17) is 21.1 Å². The van der Waals surface area contributed by atoms with Gasteiger partial charge in [0.25, 0.3) is 0 Å². The molecule has 172 valence electrons.